The van der Waals surface area contributed by atoms with Crippen molar-refractivity contribution in [2.75, 3.05) is 27.2 Å². The van der Waals surface area contributed by atoms with Crippen LogP contribution in [0, 0.1) is 5.92 Å². The predicted molar refractivity (Wildman–Crippen MR) is 78.0 cm³/mol. The topological polar surface area (TPSA) is 30.7 Å². The summed E-state index contributed by atoms with van der Waals surface area (Å²) >= 11 is 0. The first-order chi connectivity index (χ1) is 8.99. The Morgan fingerprint density at radius 2 is 1.84 bits per heavy atom. The molecule has 106 valence electrons. The number of carbonyl (C=O) groups is 1. The summed E-state index contributed by atoms with van der Waals surface area (Å²) < 4.78 is 5.63. The van der Waals surface area contributed by atoms with Gasteiger partial charge in [0.05, 0.1) is 33.7 Å². The first kappa shape index (κ1) is 15.7. The SMILES string of the molecule is CC(C)CCOc1ccc(C(=O)CC[NH+](C)C)cc1. The number of hydrogen-bond acceptors (Lipinski definition) is 2. The molecule has 19 heavy (non-hydrogen) atoms. The van der Waals surface area contributed by atoms with Crippen LogP contribution in [0.4, 0.5) is 0 Å². The molecule has 0 aliphatic rings. The first-order valence-electron chi connectivity index (χ1n) is 7.04. The average molecular weight is 264 g/mol. The summed E-state index contributed by atoms with van der Waals surface area (Å²) in [6, 6.07) is 7.49. The van der Waals surface area contributed by atoms with Gasteiger partial charge in [0.25, 0.3) is 0 Å². The molecule has 0 bridgehead atoms. The summed E-state index contributed by atoms with van der Waals surface area (Å²) in [5.41, 5.74) is 0.775. The maximum absolute atomic E-state index is 11.9. The van der Waals surface area contributed by atoms with Crippen LogP contribution in [0.2, 0.25) is 0 Å². The molecule has 1 aromatic carbocycles. The highest BCUT2D eigenvalue weighted by molar-refractivity contribution is 5.96. The molecule has 0 aromatic heterocycles. The zero-order chi connectivity index (χ0) is 14.3. The lowest BCUT2D eigenvalue weighted by Crippen LogP contribution is -3.05. The highest BCUT2D eigenvalue weighted by atomic mass is 16.5. The molecule has 0 spiro atoms. The van der Waals surface area contributed by atoms with Gasteiger partial charge in [-0.2, -0.15) is 0 Å². The van der Waals surface area contributed by atoms with E-state index >= 15 is 0 Å². The molecule has 0 radical (unpaired) electrons. The van der Waals surface area contributed by atoms with Gasteiger partial charge in [0, 0.05) is 5.56 Å². The van der Waals surface area contributed by atoms with Gasteiger partial charge in [-0.05, 0) is 36.6 Å². The summed E-state index contributed by atoms with van der Waals surface area (Å²) in [6.07, 6.45) is 1.64. The van der Waals surface area contributed by atoms with Crippen LogP contribution < -0.4 is 9.64 Å². The Morgan fingerprint density at radius 3 is 2.37 bits per heavy atom. The molecule has 0 unspecified atom stereocenters. The van der Waals surface area contributed by atoms with E-state index in [9.17, 15) is 4.79 Å². The van der Waals surface area contributed by atoms with Crippen molar-refractivity contribution in [3.63, 3.8) is 0 Å². The van der Waals surface area contributed by atoms with Crippen molar-refractivity contribution in [3.05, 3.63) is 29.8 Å². The predicted octanol–water partition coefficient (Wildman–Crippen LogP) is 1.83. The molecule has 0 heterocycles. The monoisotopic (exact) mass is 264 g/mol. The summed E-state index contributed by atoms with van der Waals surface area (Å²) in [5, 5.41) is 0. The zero-order valence-electron chi connectivity index (χ0n) is 12.5. The number of ether oxygens (including phenoxy) is 1. The standard InChI is InChI=1S/C16H25NO2/c1-13(2)10-12-19-15-7-5-14(6-8-15)16(18)9-11-17(3)4/h5-8,13H,9-12H2,1-4H3/p+1. The third kappa shape index (κ3) is 6.39. The summed E-state index contributed by atoms with van der Waals surface area (Å²) in [6.45, 7) is 5.95. The van der Waals surface area contributed by atoms with Gasteiger partial charge in [-0.15, -0.1) is 0 Å². The number of quaternary nitrogens is 1. The molecule has 3 heteroatoms. The number of nitrogens with one attached hydrogen (secondary N) is 1. The maximum Gasteiger partial charge on any atom is 0.168 e. The lowest BCUT2D eigenvalue weighted by Gasteiger charge is -2.09. The van der Waals surface area contributed by atoms with E-state index in [1.165, 1.54) is 4.90 Å². The molecule has 3 nitrogen and oxygen atoms in total. The number of hydrogen-bond donors (Lipinski definition) is 1. The van der Waals surface area contributed by atoms with Gasteiger partial charge in [0.1, 0.15) is 5.75 Å². The summed E-state index contributed by atoms with van der Waals surface area (Å²) in [7, 11) is 4.11. The fourth-order valence-corrected chi connectivity index (χ4v) is 1.66. The largest absolute Gasteiger partial charge is 0.494 e. The van der Waals surface area contributed by atoms with Gasteiger partial charge in [0.15, 0.2) is 5.78 Å². The minimum atomic E-state index is 0.204. The first-order valence-corrected chi connectivity index (χ1v) is 7.04. The van der Waals surface area contributed by atoms with Gasteiger partial charge in [-0.3, -0.25) is 4.79 Å². The molecule has 0 aliphatic heterocycles. The maximum atomic E-state index is 11.9. The van der Waals surface area contributed by atoms with E-state index in [2.05, 4.69) is 27.9 Å². The molecule has 0 aliphatic carbocycles. The number of Topliss-reactive ketones (excluding diaryl/α,β-unsaturated/α-hetero) is 1. The second kappa shape index (κ2) is 7.95. The number of rotatable bonds is 8. The Labute approximate surface area is 116 Å². The van der Waals surface area contributed by atoms with Crippen LogP contribution >= 0.6 is 0 Å². The molecule has 1 rings (SSSR count). The third-order valence-electron chi connectivity index (χ3n) is 2.99. The van der Waals surface area contributed by atoms with E-state index in [1.54, 1.807) is 0 Å². The minimum Gasteiger partial charge on any atom is -0.494 e. The molecule has 1 aromatic rings. The van der Waals surface area contributed by atoms with Crippen LogP contribution in [0.3, 0.4) is 0 Å². The Hall–Kier alpha value is -1.35. The molecular formula is C16H26NO2+. The van der Waals surface area contributed by atoms with Gasteiger partial charge in [-0.1, -0.05) is 13.8 Å². The van der Waals surface area contributed by atoms with E-state index in [0.29, 0.717) is 12.3 Å². The van der Waals surface area contributed by atoms with Gasteiger partial charge in [0.2, 0.25) is 0 Å². The van der Waals surface area contributed by atoms with Crippen molar-refractivity contribution >= 4 is 5.78 Å². The van der Waals surface area contributed by atoms with Crippen molar-refractivity contribution in [2.45, 2.75) is 26.7 Å². The second-order valence-corrected chi connectivity index (χ2v) is 5.69. The highest BCUT2D eigenvalue weighted by Crippen LogP contribution is 2.14. The van der Waals surface area contributed by atoms with Crippen LogP contribution in [0.1, 0.15) is 37.0 Å². The Kier molecular flexibility index (Phi) is 6.57. The number of benzene rings is 1. The van der Waals surface area contributed by atoms with Crippen molar-refractivity contribution in [2.24, 2.45) is 5.92 Å². The second-order valence-electron chi connectivity index (χ2n) is 5.69. The number of carbonyl (C=O) groups excluding carboxylic acids is 1. The van der Waals surface area contributed by atoms with E-state index < -0.39 is 0 Å². The van der Waals surface area contributed by atoms with Gasteiger partial charge >= 0.3 is 0 Å². The lowest BCUT2D eigenvalue weighted by molar-refractivity contribution is -0.857. The molecule has 0 amide bonds. The molecule has 1 N–H and O–H groups in total. The van der Waals surface area contributed by atoms with E-state index in [1.807, 2.05) is 24.3 Å². The average Bonchev–Trinajstić information content (AvgIpc) is 2.36. The third-order valence-corrected chi connectivity index (χ3v) is 2.99. The summed E-state index contributed by atoms with van der Waals surface area (Å²) in [5.74, 6) is 1.69. The molecular weight excluding hydrogens is 238 g/mol. The molecule has 0 saturated carbocycles. The Balaban J connectivity index is 2.44. The molecule has 0 fully saturated rings. The number of ketones is 1. The van der Waals surface area contributed by atoms with E-state index in [0.717, 1.165) is 30.9 Å². The Bertz CT molecular complexity index is 382. The fraction of sp³-hybridized carbons (Fsp3) is 0.562. The normalized spacial score (nSPS) is 11.1. The minimum absolute atomic E-state index is 0.204. The van der Waals surface area contributed by atoms with Crippen molar-refractivity contribution in [1.82, 2.24) is 0 Å². The van der Waals surface area contributed by atoms with E-state index in [4.69, 9.17) is 4.74 Å². The van der Waals surface area contributed by atoms with Gasteiger partial charge < -0.3 is 9.64 Å². The van der Waals surface area contributed by atoms with Crippen LogP contribution in [0.5, 0.6) is 5.75 Å². The van der Waals surface area contributed by atoms with Crippen LogP contribution in [0.15, 0.2) is 24.3 Å². The quantitative estimate of drug-likeness (QED) is 0.726. The lowest BCUT2D eigenvalue weighted by atomic mass is 10.1. The highest BCUT2D eigenvalue weighted by Gasteiger charge is 2.07. The van der Waals surface area contributed by atoms with Gasteiger partial charge in [-0.25, -0.2) is 0 Å². The van der Waals surface area contributed by atoms with E-state index in [-0.39, 0.29) is 5.78 Å². The van der Waals surface area contributed by atoms with Crippen LogP contribution in [-0.2, 0) is 0 Å². The van der Waals surface area contributed by atoms with Crippen molar-refractivity contribution in [3.8, 4) is 5.75 Å². The van der Waals surface area contributed by atoms with Crippen LogP contribution in [-0.4, -0.2) is 33.0 Å². The van der Waals surface area contributed by atoms with Crippen LogP contribution in [0.25, 0.3) is 0 Å². The van der Waals surface area contributed by atoms with Crippen molar-refractivity contribution in [1.29, 1.82) is 0 Å². The zero-order valence-corrected chi connectivity index (χ0v) is 12.5. The van der Waals surface area contributed by atoms with Crippen molar-refractivity contribution < 1.29 is 14.4 Å². The Morgan fingerprint density at radius 1 is 1.21 bits per heavy atom. The molecule has 0 atom stereocenters. The molecule has 0 saturated heterocycles. The fourth-order valence-electron chi connectivity index (χ4n) is 1.66. The summed E-state index contributed by atoms with van der Waals surface area (Å²) in [4.78, 5) is 13.2. The smallest absolute Gasteiger partial charge is 0.168 e.